The van der Waals surface area contributed by atoms with Crippen molar-refractivity contribution in [1.82, 2.24) is 10.4 Å². The van der Waals surface area contributed by atoms with Crippen LogP contribution in [0.15, 0.2) is 53.9 Å². The third-order valence-electron chi connectivity index (χ3n) is 2.45. The number of nitro groups is 1. The van der Waals surface area contributed by atoms with Crippen LogP contribution in [-0.4, -0.2) is 22.0 Å². The van der Waals surface area contributed by atoms with Crippen LogP contribution in [0.1, 0.15) is 15.9 Å². The molecule has 100 valence electrons. The fourth-order valence-electron chi connectivity index (χ4n) is 1.49. The Morgan fingerprint density at radius 1 is 1.25 bits per heavy atom. The van der Waals surface area contributed by atoms with Crippen LogP contribution in [0.2, 0.25) is 0 Å². The van der Waals surface area contributed by atoms with Gasteiger partial charge in [-0.05, 0) is 18.2 Å². The molecule has 0 spiro atoms. The summed E-state index contributed by atoms with van der Waals surface area (Å²) in [6.07, 6.45) is 4.21. The lowest BCUT2D eigenvalue weighted by molar-refractivity contribution is -0.385. The van der Waals surface area contributed by atoms with Gasteiger partial charge in [0.15, 0.2) is 0 Å². The SMILES string of the molecule is O=C(NN=Cc1ccccc1[N+](=O)[O-])c1ccncc1. The van der Waals surface area contributed by atoms with E-state index in [1.54, 1.807) is 18.2 Å². The summed E-state index contributed by atoms with van der Waals surface area (Å²) in [5.74, 6) is -0.415. The Balaban J connectivity index is 2.08. The van der Waals surface area contributed by atoms with Crippen molar-refractivity contribution in [3.8, 4) is 0 Å². The summed E-state index contributed by atoms with van der Waals surface area (Å²) in [5.41, 5.74) is 2.93. The maximum absolute atomic E-state index is 11.7. The standard InChI is InChI=1S/C13H10N4O3/c18-13(10-5-7-14-8-6-10)16-15-9-11-3-1-2-4-12(11)17(19)20/h1-9H,(H,16,18). The number of nitrogens with one attached hydrogen (secondary N) is 1. The van der Waals surface area contributed by atoms with Gasteiger partial charge in [0.25, 0.3) is 11.6 Å². The predicted molar refractivity (Wildman–Crippen MR) is 72.4 cm³/mol. The van der Waals surface area contributed by atoms with Gasteiger partial charge in [-0.1, -0.05) is 12.1 Å². The van der Waals surface area contributed by atoms with Crippen LogP contribution in [0.4, 0.5) is 5.69 Å². The van der Waals surface area contributed by atoms with Crippen LogP contribution < -0.4 is 5.43 Å². The van der Waals surface area contributed by atoms with E-state index in [9.17, 15) is 14.9 Å². The van der Waals surface area contributed by atoms with Gasteiger partial charge in [0.1, 0.15) is 0 Å². The second-order valence-corrected chi connectivity index (χ2v) is 3.75. The zero-order chi connectivity index (χ0) is 14.4. The van der Waals surface area contributed by atoms with Crippen LogP contribution in [0.3, 0.4) is 0 Å². The van der Waals surface area contributed by atoms with E-state index in [2.05, 4.69) is 15.5 Å². The molecule has 0 aliphatic heterocycles. The van der Waals surface area contributed by atoms with Crippen molar-refractivity contribution in [2.75, 3.05) is 0 Å². The number of amides is 1. The quantitative estimate of drug-likeness (QED) is 0.520. The van der Waals surface area contributed by atoms with E-state index < -0.39 is 10.8 Å². The molecule has 2 rings (SSSR count). The molecule has 1 aromatic carbocycles. The van der Waals surface area contributed by atoms with Crippen LogP contribution in [0.25, 0.3) is 0 Å². The summed E-state index contributed by atoms with van der Waals surface area (Å²) < 4.78 is 0. The van der Waals surface area contributed by atoms with Crippen molar-refractivity contribution in [3.63, 3.8) is 0 Å². The van der Waals surface area contributed by atoms with Crippen LogP contribution in [-0.2, 0) is 0 Å². The molecule has 7 heteroatoms. The van der Waals surface area contributed by atoms with Gasteiger partial charge >= 0.3 is 0 Å². The van der Waals surface area contributed by atoms with E-state index in [0.29, 0.717) is 11.1 Å². The van der Waals surface area contributed by atoms with E-state index >= 15 is 0 Å². The fourth-order valence-corrected chi connectivity index (χ4v) is 1.49. The summed E-state index contributed by atoms with van der Waals surface area (Å²) >= 11 is 0. The molecule has 0 saturated heterocycles. The Labute approximate surface area is 114 Å². The summed E-state index contributed by atoms with van der Waals surface area (Å²) in [6, 6.07) is 9.20. The third-order valence-corrected chi connectivity index (χ3v) is 2.45. The number of rotatable bonds is 4. The second-order valence-electron chi connectivity index (χ2n) is 3.75. The number of carbonyl (C=O) groups is 1. The number of nitro benzene ring substituents is 1. The van der Waals surface area contributed by atoms with Crippen molar-refractivity contribution in [3.05, 3.63) is 70.0 Å². The maximum Gasteiger partial charge on any atom is 0.278 e. The van der Waals surface area contributed by atoms with Crippen molar-refractivity contribution < 1.29 is 9.72 Å². The number of hydrazone groups is 1. The zero-order valence-electron chi connectivity index (χ0n) is 10.3. The number of hydrogen-bond donors (Lipinski definition) is 1. The Hall–Kier alpha value is -3.09. The molecular formula is C13H10N4O3. The largest absolute Gasteiger partial charge is 0.278 e. The number of pyridine rings is 1. The molecule has 0 fully saturated rings. The van der Waals surface area contributed by atoms with Gasteiger partial charge in [-0.3, -0.25) is 19.9 Å². The number of nitrogens with zero attached hydrogens (tertiary/aromatic N) is 3. The molecule has 0 saturated carbocycles. The molecule has 2 aromatic rings. The minimum absolute atomic E-state index is 0.0746. The van der Waals surface area contributed by atoms with Crippen molar-refractivity contribution in [1.29, 1.82) is 0 Å². The molecule has 0 radical (unpaired) electrons. The van der Waals surface area contributed by atoms with E-state index in [0.717, 1.165) is 0 Å². The van der Waals surface area contributed by atoms with Crippen molar-refractivity contribution in [2.45, 2.75) is 0 Å². The first kappa shape index (κ1) is 13.3. The third kappa shape index (κ3) is 3.22. The van der Waals surface area contributed by atoms with Gasteiger partial charge in [0.05, 0.1) is 16.7 Å². The molecule has 1 aromatic heterocycles. The molecule has 0 aliphatic carbocycles. The first-order valence-corrected chi connectivity index (χ1v) is 5.65. The normalized spacial score (nSPS) is 10.4. The van der Waals surface area contributed by atoms with Crippen LogP contribution >= 0.6 is 0 Å². The minimum atomic E-state index is -0.508. The first-order valence-electron chi connectivity index (χ1n) is 5.65. The minimum Gasteiger partial charge on any atom is -0.267 e. The molecule has 1 heterocycles. The highest BCUT2D eigenvalue weighted by Crippen LogP contribution is 2.14. The second kappa shape index (κ2) is 6.19. The van der Waals surface area contributed by atoms with Crippen molar-refractivity contribution in [2.24, 2.45) is 5.10 Å². The van der Waals surface area contributed by atoms with Gasteiger partial charge in [0.2, 0.25) is 0 Å². The van der Waals surface area contributed by atoms with E-state index in [1.165, 1.54) is 36.8 Å². The molecule has 0 bridgehead atoms. The average molecular weight is 270 g/mol. The Morgan fingerprint density at radius 3 is 2.65 bits per heavy atom. The topological polar surface area (TPSA) is 97.5 Å². The lowest BCUT2D eigenvalue weighted by atomic mass is 10.2. The van der Waals surface area contributed by atoms with Crippen LogP contribution in [0.5, 0.6) is 0 Å². The average Bonchev–Trinajstić information content (AvgIpc) is 2.48. The molecule has 7 nitrogen and oxygen atoms in total. The Morgan fingerprint density at radius 2 is 1.95 bits per heavy atom. The number of benzene rings is 1. The molecule has 20 heavy (non-hydrogen) atoms. The smallest absolute Gasteiger partial charge is 0.267 e. The number of aromatic nitrogens is 1. The van der Waals surface area contributed by atoms with Gasteiger partial charge < -0.3 is 0 Å². The lowest BCUT2D eigenvalue weighted by Gasteiger charge is -1.99. The Kier molecular flexibility index (Phi) is 4.13. The molecule has 0 aliphatic rings. The maximum atomic E-state index is 11.7. The van der Waals surface area contributed by atoms with Gasteiger partial charge in [-0.15, -0.1) is 0 Å². The summed E-state index contributed by atoms with van der Waals surface area (Å²) in [5, 5.41) is 14.5. The summed E-state index contributed by atoms with van der Waals surface area (Å²) in [6.45, 7) is 0. The number of hydrogen-bond acceptors (Lipinski definition) is 5. The number of carbonyl (C=O) groups excluding carboxylic acids is 1. The molecule has 0 unspecified atom stereocenters. The molecular weight excluding hydrogens is 260 g/mol. The van der Waals surface area contributed by atoms with E-state index in [1.807, 2.05) is 0 Å². The summed E-state index contributed by atoms with van der Waals surface area (Å²) in [4.78, 5) is 25.7. The van der Waals surface area contributed by atoms with Crippen molar-refractivity contribution >= 4 is 17.8 Å². The highest BCUT2D eigenvalue weighted by molar-refractivity contribution is 5.95. The monoisotopic (exact) mass is 270 g/mol. The molecule has 0 atom stereocenters. The molecule has 1 amide bonds. The predicted octanol–water partition coefficient (Wildman–Crippen LogP) is 1.75. The van der Waals surface area contributed by atoms with Gasteiger partial charge in [-0.2, -0.15) is 5.10 Å². The summed E-state index contributed by atoms with van der Waals surface area (Å²) in [7, 11) is 0. The Bertz CT molecular complexity index is 656. The lowest BCUT2D eigenvalue weighted by Crippen LogP contribution is -2.17. The fraction of sp³-hybridized carbons (Fsp3) is 0. The highest BCUT2D eigenvalue weighted by Gasteiger charge is 2.10. The van der Waals surface area contributed by atoms with Gasteiger partial charge in [-0.25, -0.2) is 5.43 Å². The first-order chi connectivity index (χ1) is 9.68. The highest BCUT2D eigenvalue weighted by atomic mass is 16.6. The van der Waals surface area contributed by atoms with E-state index in [4.69, 9.17) is 0 Å². The van der Waals surface area contributed by atoms with Gasteiger partial charge in [0, 0.05) is 24.0 Å². The van der Waals surface area contributed by atoms with E-state index in [-0.39, 0.29) is 5.69 Å². The number of para-hydroxylation sites is 1. The van der Waals surface area contributed by atoms with Crippen LogP contribution in [0, 0.1) is 10.1 Å². The zero-order valence-corrected chi connectivity index (χ0v) is 10.3. The molecule has 1 N–H and O–H groups in total.